The zero-order chi connectivity index (χ0) is 18.7. The molecule has 25 heavy (non-hydrogen) atoms. The van der Waals surface area contributed by atoms with Crippen LogP contribution in [0.5, 0.6) is 5.75 Å². The van der Waals surface area contributed by atoms with Crippen LogP contribution in [-0.4, -0.2) is 68.6 Å². The van der Waals surface area contributed by atoms with Gasteiger partial charge in [-0.3, -0.25) is 4.79 Å². The molecular formula is C18H30N4O2S. The standard InChI is InChI=1S/C18H30N4O2S/c1-14-7-6-8-16(11-14)24-15(2)12-20-18(19-9-10-25-5)21-13-17(23)22(3)4/h6-8,11,15H,9-10,12-13H2,1-5H3,(H2,19,20,21). The lowest BCUT2D eigenvalue weighted by Crippen LogP contribution is -2.43. The van der Waals surface area contributed by atoms with Gasteiger partial charge in [0.2, 0.25) is 5.91 Å². The first-order chi connectivity index (χ1) is 11.9. The van der Waals surface area contributed by atoms with E-state index in [1.807, 2.05) is 38.1 Å². The molecular weight excluding hydrogens is 336 g/mol. The Kier molecular flexibility index (Phi) is 9.84. The molecule has 1 atom stereocenters. The monoisotopic (exact) mass is 366 g/mol. The molecule has 0 bridgehead atoms. The van der Waals surface area contributed by atoms with E-state index in [-0.39, 0.29) is 18.6 Å². The lowest BCUT2D eigenvalue weighted by atomic mass is 10.2. The average molecular weight is 367 g/mol. The Morgan fingerprint density at radius 2 is 2.12 bits per heavy atom. The Morgan fingerprint density at radius 3 is 2.76 bits per heavy atom. The van der Waals surface area contributed by atoms with E-state index < -0.39 is 0 Å². The van der Waals surface area contributed by atoms with Crippen molar-refractivity contribution < 1.29 is 9.53 Å². The summed E-state index contributed by atoms with van der Waals surface area (Å²) in [5, 5.41) is 6.48. The number of thioether (sulfide) groups is 1. The summed E-state index contributed by atoms with van der Waals surface area (Å²) in [5.74, 6) is 2.42. The number of hydrogen-bond donors (Lipinski definition) is 2. The number of aliphatic imine (C=N–C) groups is 1. The molecule has 1 amide bonds. The number of carbonyl (C=O) groups is 1. The second-order valence-electron chi connectivity index (χ2n) is 6.00. The maximum atomic E-state index is 11.7. The second kappa shape index (κ2) is 11.6. The zero-order valence-electron chi connectivity index (χ0n) is 15.8. The average Bonchev–Trinajstić information content (AvgIpc) is 2.56. The molecule has 1 unspecified atom stereocenters. The Bertz CT molecular complexity index is 564. The molecule has 0 fully saturated rings. The zero-order valence-corrected chi connectivity index (χ0v) is 16.7. The summed E-state index contributed by atoms with van der Waals surface area (Å²) in [6.45, 7) is 5.54. The molecule has 1 rings (SSSR count). The van der Waals surface area contributed by atoms with Crippen LogP contribution in [0.15, 0.2) is 29.3 Å². The van der Waals surface area contributed by atoms with E-state index >= 15 is 0 Å². The van der Waals surface area contributed by atoms with Crippen LogP contribution in [0, 0.1) is 6.92 Å². The highest BCUT2D eigenvalue weighted by molar-refractivity contribution is 7.98. The van der Waals surface area contributed by atoms with E-state index in [0.717, 1.165) is 18.0 Å². The van der Waals surface area contributed by atoms with Gasteiger partial charge < -0.3 is 20.3 Å². The van der Waals surface area contributed by atoms with Gasteiger partial charge in [-0.05, 0) is 37.8 Å². The van der Waals surface area contributed by atoms with Gasteiger partial charge in [-0.2, -0.15) is 11.8 Å². The first-order valence-corrected chi connectivity index (χ1v) is 9.76. The quantitative estimate of drug-likeness (QED) is 0.396. The molecule has 0 radical (unpaired) electrons. The van der Waals surface area contributed by atoms with Crippen molar-refractivity contribution in [3.05, 3.63) is 29.8 Å². The number of benzene rings is 1. The number of ether oxygens (including phenoxy) is 1. The molecule has 0 heterocycles. The number of guanidine groups is 1. The molecule has 0 aliphatic carbocycles. The summed E-state index contributed by atoms with van der Waals surface area (Å²) in [6, 6.07) is 7.98. The van der Waals surface area contributed by atoms with E-state index in [9.17, 15) is 4.79 Å². The Balaban J connectivity index is 2.54. The van der Waals surface area contributed by atoms with Gasteiger partial charge in [0.15, 0.2) is 5.96 Å². The van der Waals surface area contributed by atoms with Crippen molar-refractivity contribution in [2.75, 3.05) is 45.7 Å². The highest BCUT2D eigenvalue weighted by atomic mass is 32.2. The van der Waals surface area contributed by atoms with Gasteiger partial charge in [-0.1, -0.05) is 12.1 Å². The maximum absolute atomic E-state index is 11.7. The van der Waals surface area contributed by atoms with E-state index in [2.05, 4.69) is 21.9 Å². The topological polar surface area (TPSA) is 66.0 Å². The van der Waals surface area contributed by atoms with Crippen molar-refractivity contribution in [2.24, 2.45) is 4.99 Å². The van der Waals surface area contributed by atoms with Crippen molar-refractivity contribution in [3.63, 3.8) is 0 Å². The van der Waals surface area contributed by atoms with Gasteiger partial charge in [0.1, 0.15) is 18.4 Å². The minimum absolute atomic E-state index is 0.0288. The molecule has 2 N–H and O–H groups in total. The molecule has 0 spiro atoms. The number of aryl methyl sites for hydroxylation is 1. The Labute approximate surface area is 155 Å². The fourth-order valence-corrected chi connectivity index (χ4v) is 2.24. The van der Waals surface area contributed by atoms with Crippen molar-refractivity contribution in [2.45, 2.75) is 20.0 Å². The number of rotatable bonds is 9. The van der Waals surface area contributed by atoms with E-state index in [1.165, 1.54) is 10.5 Å². The van der Waals surface area contributed by atoms with Crippen LogP contribution in [0.1, 0.15) is 12.5 Å². The summed E-state index contributed by atoms with van der Waals surface area (Å²) in [4.78, 5) is 17.6. The van der Waals surface area contributed by atoms with Crippen molar-refractivity contribution in [1.82, 2.24) is 15.5 Å². The molecule has 1 aromatic carbocycles. The minimum atomic E-state index is -0.0324. The third-order valence-corrected chi connectivity index (χ3v) is 3.97. The molecule has 0 saturated carbocycles. The van der Waals surface area contributed by atoms with Crippen molar-refractivity contribution in [3.8, 4) is 5.75 Å². The van der Waals surface area contributed by atoms with Gasteiger partial charge in [0.05, 0.1) is 6.54 Å². The van der Waals surface area contributed by atoms with E-state index in [1.54, 1.807) is 25.9 Å². The van der Waals surface area contributed by atoms with Gasteiger partial charge in [0, 0.05) is 26.4 Å². The molecule has 140 valence electrons. The van der Waals surface area contributed by atoms with Crippen LogP contribution >= 0.6 is 11.8 Å². The van der Waals surface area contributed by atoms with Gasteiger partial charge in [0.25, 0.3) is 0 Å². The van der Waals surface area contributed by atoms with Crippen molar-refractivity contribution >= 4 is 23.6 Å². The summed E-state index contributed by atoms with van der Waals surface area (Å²) in [7, 11) is 3.45. The first-order valence-electron chi connectivity index (χ1n) is 8.37. The Hall–Kier alpha value is -1.89. The number of hydrogen-bond acceptors (Lipinski definition) is 4. The SMILES string of the molecule is CSCCNC(=NCC(=O)N(C)C)NCC(C)Oc1cccc(C)c1. The van der Waals surface area contributed by atoms with E-state index in [4.69, 9.17) is 4.74 Å². The molecule has 6 nitrogen and oxygen atoms in total. The normalized spacial score (nSPS) is 12.4. The van der Waals surface area contributed by atoms with Crippen LogP contribution in [0.2, 0.25) is 0 Å². The smallest absolute Gasteiger partial charge is 0.243 e. The molecule has 0 aliphatic rings. The minimum Gasteiger partial charge on any atom is -0.489 e. The predicted molar refractivity (Wildman–Crippen MR) is 107 cm³/mol. The number of likely N-dealkylation sites (N-methyl/N-ethyl adjacent to an activating group) is 1. The Morgan fingerprint density at radius 1 is 1.36 bits per heavy atom. The largest absolute Gasteiger partial charge is 0.489 e. The summed E-state index contributed by atoms with van der Waals surface area (Å²) < 4.78 is 5.91. The highest BCUT2D eigenvalue weighted by Crippen LogP contribution is 2.13. The first kappa shape index (κ1) is 21.2. The molecule has 1 aromatic rings. The number of carbonyl (C=O) groups excluding carboxylic acids is 1. The van der Waals surface area contributed by atoms with Gasteiger partial charge >= 0.3 is 0 Å². The number of nitrogens with zero attached hydrogens (tertiary/aromatic N) is 2. The summed E-state index contributed by atoms with van der Waals surface area (Å²) in [5.41, 5.74) is 1.17. The number of amides is 1. The van der Waals surface area contributed by atoms with Crippen LogP contribution in [-0.2, 0) is 4.79 Å². The van der Waals surface area contributed by atoms with E-state index in [0.29, 0.717) is 12.5 Å². The van der Waals surface area contributed by atoms with Crippen LogP contribution in [0.25, 0.3) is 0 Å². The fraction of sp³-hybridized carbons (Fsp3) is 0.556. The molecule has 0 saturated heterocycles. The summed E-state index contributed by atoms with van der Waals surface area (Å²) in [6.07, 6.45) is 2.03. The fourth-order valence-electron chi connectivity index (χ4n) is 1.94. The molecule has 0 aliphatic heterocycles. The van der Waals surface area contributed by atoms with Crippen LogP contribution in [0.3, 0.4) is 0 Å². The highest BCUT2D eigenvalue weighted by Gasteiger charge is 2.08. The van der Waals surface area contributed by atoms with Crippen molar-refractivity contribution in [1.29, 1.82) is 0 Å². The molecule has 0 aromatic heterocycles. The molecule has 7 heteroatoms. The third-order valence-electron chi connectivity index (χ3n) is 3.35. The third kappa shape index (κ3) is 9.24. The van der Waals surface area contributed by atoms with Crippen LogP contribution < -0.4 is 15.4 Å². The van der Waals surface area contributed by atoms with Gasteiger partial charge in [-0.25, -0.2) is 4.99 Å². The predicted octanol–water partition coefficient (Wildman–Crippen LogP) is 1.75. The van der Waals surface area contributed by atoms with Gasteiger partial charge in [-0.15, -0.1) is 0 Å². The maximum Gasteiger partial charge on any atom is 0.243 e. The van der Waals surface area contributed by atoms with Crippen LogP contribution in [0.4, 0.5) is 0 Å². The lowest BCUT2D eigenvalue weighted by Gasteiger charge is -2.18. The number of nitrogens with one attached hydrogen (secondary N) is 2. The summed E-state index contributed by atoms with van der Waals surface area (Å²) >= 11 is 1.76. The second-order valence-corrected chi connectivity index (χ2v) is 6.98. The lowest BCUT2D eigenvalue weighted by molar-refractivity contribution is -0.127.